The summed E-state index contributed by atoms with van der Waals surface area (Å²) in [5.74, 6) is 0. The van der Waals surface area contributed by atoms with E-state index in [1.165, 1.54) is 5.69 Å². The lowest BCUT2D eigenvalue weighted by Crippen LogP contribution is -2.31. The Kier molecular flexibility index (Phi) is 4.62. The largest absolute Gasteiger partial charge is 0.395 e. The van der Waals surface area contributed by atoms with E-state index in [1.807, 2.05) is 10.7 Å². The minimum absolute atomic E-state index is 0.190. The lowest BCUT2D eigenvalue weighted by Gasteiger charge is -2.14. The number of aliphatic hydroxyl groups excluding tert-OH is 1. The number of rotatable bonds is 6. The predicted octanol–water partition coefficient (Wildman–Crippen LogP) is 0.763. The maximum absolute atomic E-state index is 9.00. The van der Waals surface area contributed by atoms with Crippen molar-refractivity contribution >= 4 is 0 Å². The number of nitrogens with one attached hydrogen (secondary N) is 1. The smallest absolute Gasteiger partial charge is 0.0584 e. The SMILES string of the molecule is CC[C@@H](CO)NCc1ccnn1CC. The molecule has 0 fully saturated rings. The lowest BCUT2D eigenvalue weighted by atomic mass is 10.2. The molecule has 0 unspecified atom stereocenters. The van der Waals surface area contributed by atoms with Crippen molar-refractivity contribution in [2.75, 3.05) is 6.61 Å². The molecule has 14 heavy (non-hydrogen) atoms. The summed E-state index contributed by atoms with van der Waals surface area (Å²) in [4.78, 5) is 0. The minimum atomic E-state index is 0.190. The van der Waals surface area contributed by atoms with Gasteiger partial charge >= 0.3 is 0 Å². The highest BCUT2D eigenvalue weighted by Gasteiger charge is 2.05. The maximum atomic E-state index is 9.00. The van der Waals surface area contributed by atoms with Crippen LogP contribution in [0.3, 0.4) is 0 Å². The molecule has 4 heteroatoms. The molecule has 0 aliphatic rings. The van der Waals surface area contributed by atoms with Crippen LogP contribution in [0.4, 0.5) is 0 Å². The Morgan fingerprint density at radius 2 is 2.36 bits per heavy atom. The first-order valence-corrected chi connectivity index (χ1v) is 5.16. The monoisotopic (exact) mass is 197 g/mol. The summed E-state index contributed by atoms with van der Waals surface area (Å²) >= 11 is 0. The molecule has 1 aromatic rings. The van der Waals surface area contributed by atoms with Gasteiger partial charge in [-0.25, -0.2) is 0 Å². The summed E-state index contributed by atoms with van der Waals surface area (Å²) in [6.07, 6.45) is 2.75. The van der Waals surface area contributed by atoms with Crippen molar-refractivity contribution in [1.82, 2.24) is 15.1 Å². The number of aliphatic hydroxyl groups is 1. The Morgan fingerprint density at radius 3 is 2.93 bits per heavy atom. The van der Waals surface area contributed by atoms with Crippen LogP contribution < -0.4 is 5.32 Å². The average Bonchev–Trinajstić information content (AvgIpc) is 2.67. The third-order valence-electron chi connectivity index (χ3n) is 2.39. The molecule has 0 amide bonds. The Morgan fingerprint density at radius 1 is 1.57 bits per heavy atom. The zero-order valence-electron chi connectivity index (χ0n) is 8.90. The first-order valence-electron chi connectivity index (χ1n) is 5.16. The van der Waals surface area contributed by atoms with Gasteiger partial charge in [0.2, 0.25) is 0 Å². The van der Waals surface area contributed by atoms with E-state index < -0.39 is 0 Å². The van der Waals surface area contributed by atoms with Crippen LogP contribution in [0, 0.1) is 0 Å². The van der Waals surface area contributed by atoms with E-state index in [2.05, 4.69) is 24.3 Å². The van der Waals surface area contributed by atoms with E-state index in [1.54, 1.807) is 6.20 Å². The van der Waals surface area contributed by atoms with Gasteiger partial charge in [0.25, 0.3) is 0 Å². The fraction of sp³-hybridized carbons (Fsp3) is 0.700. The molecule has 0 saturated heterocycles. The van der Waals surface area contributed by atoms with E-state index in [4.69, 9.17) is 5.11 Å². The molecule has 80 valence electrons. The second-order valence-electron chi connectivity index (χ2n) is 3.31. The summed E-state index contributed by atoms with van der Waals surface area (Å²) in [5, 5.41) is 16.5. The normalized spacial score (nSPS) is 13.1. The number of aromatic nitrogens is 2. The second kappa shape index (κ2) is 5.78. The molecule has 0 spiro atoms. The Labute approximate surface area is 84.9 Å². The Bertz CT molecular complexity index is 256. The predicted molar refractivity (Wildman–Crippen MR) is 55.9 cm³/mol. The fourth-order valence-electron chi connectivity index (χ4n) is 1.38. The molecule has 0 aliphatic heterocycles. The van der Waals surface area contributed by atoms with Gasteiger partial charge in [-0.3, -0.25) is 4.68 Å². The summed E-state index contributed by atoms with van der Waals surface area (Å²) in [6.45, 7) is 5.98. The van der Waals surface area contributed by atoms with E-state index >= 15 is 0 Å². The zero-order valence-corrected chi connectivity index (χ0v) is 8.90. The molecule has 1 heterocycles. The minimum Gasteiger partial charge on any atom is -0.395 e. The van der Waals surface area contributed by atoms with Crippen LogP contribution in [0.1, 0.15) is 26.0 Å². The summed E-state index contributed by atoms with van der Waals surface area (Å²) in [7, 11) is 0. The van der Waals surface area contributed by atoms with Crippen LogP contribution in [0.15, 0.2) is 12.3 Å². The van der Waals surface area contributed by atoms with Crippen LogP contribution in [0.5, 0.6) is 0 Å². The van der Waals surface area contributed by atoms with Crippen LogP contribution in [0.25, 0.3) is 0 Å². The third kappa shape index (κ3) is 2.82. The molecule has 4 nitrogen and oxygen atoms in total. The van der Waals surface area contributed by atoms with E-state index in [9.17, 15) is 0 Å². The zero-order chi connectivity index (χ0) is 10.4. The highest BCUT2D eigenvalue weighted by atomic mass is 16.3. The van der Waals surface area contributed by atoms with Crippen LogP contribution >= 0.6 is 0 Å². The second-order valence-corrected chi connectivity index (χ2v) is 3.31. The molecule has 0 aromatic carbocycles. The highest BCUT2D eigenvalue weighted by molar-refractivity contribution is 5.00. The first kappa shape index (κ1) is 11.2. The Hall–Kier alpha value is -0.870. The van der Waals surface area contributed by atoms with Gasteiger partial charge in [-0.05, 0) is 19.4 Å². The van der Waals surface area contributed by atoms with Crippen molar-refractivity contribution in [3.8, 4) is 0 Å². The van der Waals surface area contributed by atoms with Gasteiger partial charge in [-0.15, -0.1) is 0 Å². The van der Waals surface area contributed by atoms with Gasteiger partial charge in [0.05, 0.1) is 12.3 Å². The van der Waals surface area contributed by atoms with Crippen molar-refractivity contribution < 1.29 is 5.11 Å². The molecule has 1 rings (SSSR count). The van der Waals surface area contributed by atoms with Gasteiger partial charge in [0.15, 0.2) is 0 Å². The molecule has 0 aliphatic carbocycles. The van der Waals surface area contributed by atoms with E-state index in [0.717, 1.165) is 19.5 Å². The van der Waals surface area contributed by atoms with Gasteiger partial charge in [0.1, 0.15) is 0 Å². The van der Waals surface area contributed by atoms with Gasteiger partial charge < -0.3 is 10.4 Å². The summed E-state index contributed by atoms with van der Waals surface area (Å²) < 4.78 is 1.96. The lowest BCUT2D eigenvalue weighted by molar-refractivity contribution is 0.237. The topological polar surface area (TPSA) is 50.1 Å². The van der Waals surface area contributed by atoms with Crippen molar-refractivity contribution in [2.45, 2.75) is 39.4 Å². The summed E-state index contributed by atoms with van der Waals surface area (Å²) in [6, 6.07) is 2.19. The molecule has 0 radical (unpaired) electrons. The number of hydrogen-bond donors (Lipinski definition) is 2. The molecular formula is C10H19N3O. The standard InChI is InChI=1S/C10H19N3O/c1-3-9(8-14)11-7-10-5-6-12-13(10)4-2/h5-6,9,11,14H,3-4,7-8H2,1-2H3/t9-/m0/s1. The summed E-state index contributed by atoms with van der Waals surface area (Å²) in [5.41, 5.74) is 1.17. The van der Waals surface area contributed by atoms with Gasteiger partial charge in [-0.2, -0.15) is 5.10 Å². The molecule has 1 atom stereocenters. The van der Waals surface area contributed by atoms with Gasteiger partial charge in [-0.1, -0.05) is 6.92 Å². The molecule has 0 saturated carbocycles. The van der Waals surface area contributed by atoms with E-state index in [0.29, 0.717) is 0 Å². The fourth-order valence-corrected chi connectivity index (χ4v) is 1.38. The number of aryl methyl sites for hydroxylation is 1. The molecular weight excluding hydrogens is 178 g/mol. The average molecular weight is 197 g/mol. The van der Waals surface area contributed by atoms with Crippen LogP contribution in [0.2, 0.25) is 0 Å². The first-order chi connectivity index (χ1) is 6.81. The van der Waals surface area contributed by atoms with Crippen molar-refractivity contribution in [2.24, 2.45) is 0 Å². The van der Waals surface area contributed by atoms with Crippen molar-refractivity contribution in [3.05, 3.63) is 18.0 Å². The van der Waals surface area contributed by atoms with Gasteiger partial charge in [0, 0.05) is 25.3 Å². The molecule has 0 bridgehead atoms. The van der Waals surface area contributed by atoms with Crippen LogP contribution in [-0.2, 0) is 13.1 Å². The number of nitrogens with zero attached hydrogens (tertiary/aromatic N) is 2. The molecule has 2 N–H and O–H groups in total. The number of hydrogen-bond acceptors (Lipinski definition) is 3. The van der Waals surface area contributed by atoms with Crippen LogP contribution in [-0.4, -0.2) is 27.5 Å². The van der Waals surface area contributed by atoms with Crippen molar-refractivity contribution in [3.63, 3.8) is 0 Å². The maximum Gasteiger partial charge on any atom is 0.0584 e. The highest BCUT2D eigenvalue weighted by Crippen LogP contribution is 1.99. The Balaban J connectivity index is 2.44. The van der Waals surface area contributed by atoms with E-state index in [-0.39, 0.29) is 12.6 Å². The molecule has 1 aromatic heterocycles. The third-order valence-corrected chi connectivity index (χ3v) is 2.39. The van der Waals surface area contributed by atoms with Crippen molar-refractivity contribution in [1.29, 1.82) is 0 Å². The quantitative estimate of drug-likeness (QED) is 0.708.